The first-order valence-corrected chi connectivity index (χ1v) is 6.88. The Kier molecular flexibility index (Phi) is 4.59. The van der Waals surface area contributed by atoms with Crippen molar-refractivity contribution in [1.29, 1.82) is 0 Å². The van der Waals surface area contributed by atoms with Crippen molar-refractivity contribution in [2.75, 3.05) is 0 Å². The zero-order valence-electron chi connectivity index (χ0n) is 11.0. The number of nitrogens with one attached hydrogen (secondary N) is 1. The van der Waals surface area contributed by atoms with E-state index in [1.54, 1.807) is 12.1 Å². The molecule has 3 heteroatoms. The van der Waals surface area contributed by atoms with E-state index in [1.807, 2.05) is 0 Å². The molecule has 0 radical (unpaired) electrons. The molecule has 0 aromatic heterocycles. The number of phenols is 1. The molecule has 1 aliphatic carbocycles. The maximum absolute atomic E-state index is 13.2. The van der Waals surface area contributed by atoms with Crippen LogP contribution in [-0.2, 0) is 6.54 Å². The van der Waals surface area contributed by atoms with E-state index in [9.17, 15) is 9.50 Å². The molecular weight excluding hydrogens is 229 g/mol. The fourth-order valence-electron chi connectivity index (χ4n) is 2.77. The molecule has 1 aromatic rings. The minimum atomic E-state index is -0.542. The van der Waals surface area contributed by atoms with E-state index in [0.29, 0.717) is 18.2 Å². The fourth-order valence-corrected chi connectivity index (χ4v) is 2.77. The molecule has 1 fully saturated rings. The summed E-state index contributed by atoms with van der Waals surface area (Å²) in [5.41, 5.74) is 0.637. The highest BCUT2D eigenvalue weighted by atomic mass is 19.1. The smallest absolute Gasteiger partial charge is 0.165 e. The summed E-state index contributed by atoms with van der Waals surface area (Å²) >= 11 is 0. The normalized spacial score (nSPS) is 18.8. The molecule has 0 spiro atoms. The van der Waals surface area contributed by atoms with Crippen LogP contribution < -0.4 is 5.32 Å². The van der Waals surface area contributed by atoms with Crippen LogP contribution >= 0.6 is 0 Å². The molecule has 0 amide bonds. The van der Waals surface area contributed by atoms with E-state index < -0.39 is 5.82 Å². The van der Waals surface area contributed by atoms with Gasteiger partial charge in [-0.05, 0) is 31.7 Å². The van der Waals surface area contributed by atoms with Crippen molar-refractivity contribution >= 4 is 0 Å². The van der Waals surface area contributed by atoms with Crippen molar-refractivity contribution in [3.8, 4) is 5.75 Å². The number of para-hydroxylation sites is 1. The number of aromatic hydroxyl groups is 1. The molecule has 2 N–H and O–H groups in total. The van der Waals surface area contributed by atoms with Crippen molar-refractivity contribution in [2.24, 2.45) is 5.92 Å². The Bertz CT molecular complexity index is 388. The first-order chi connectivity index (χ1) is 8.68. The number of halogens is 1. The van der Waals surface area contributed by atoms with Gasteiger partial charge in [0.05, 0.1) is 0 Å². The van der Waals surface area contributed by atoms with Gasteiger partial charge in [0.2, 0.25) is 0 Å². The van der Waals surface area contributed by atoms with Crippen LogP contribution in [0.25, 0.3) is 0 Å². The first-order valence-electron chi connectivity index (χ1n) is 6.88. The van der Waals surface area contributed by atoms with Crippen LogP contribution in [-0.4, -0.2) is 11.1 Å². The van der Waals surface area contributed by atoms with Gasteiger partial charge in [-0.3, -0.25) is 0 Å². The highest BCUT2D eigenvalue weighted by molar-refractivity contribution is 5.33. The molecule has 0 bridgehead atoms. The first kappa shape index (κ1) is 13.3. The molecule has 0 unspecified atom stereocenters. The Hall–Kier alpha value is -1.09. The summed E-state index contributed by atoms with van der Waals surface area (Å²) in [6, 6.07) is 5.10. The zero-order chi connectivity index (χ0) is 13.0. The van der Waals surface area contributed by atoms with Gasteiger partial charge < -0.3 is 10.4 Å². The van der Waals surface area contributed by atoms with Crippen LogP contribution in [0.5, 0.6) is 5.75 Å². The quantitative estimate of drug-likeness (QED) is 0.857. The molecule has 18 heavy (non-hydrogen) atoms. The van der Waals surface area contributed by atoms with Gasteiger partial charge in [0.1, 0.15) is 0 Å². The monoisotopic (exact) mass is 251 g/mol. The minimum absolute atomic E-state index is 0.221. The predicted molar refractivity (Wildman–Crippen MR) is 70.9 cm³/mol. The molecule has 1 atom stereocenters. The molecule has 2 nitrogen and oxygen atoms in total. The van der Waals surface area contributed by atoms with Crippen molar-refractivity contribution in [3.63, 3.8) is 0 Å². The van der Waals surface area contributed by atoms with Crippen molar-refractivity contribution in [2.45, 2.75) is 51.6 Å². The molecule has 1 aliphatic rings. The topological polar surface area (TPSA) is 32.3 Å². The van der Waals surface area contributed by atoms with Crippen molar-refractivity contribution in [3.05, 3.63) is 29.6 Å². The third-order valence-corrected chi connectivity index (χ3v) is 4.04. The Labute approximate surface area is 108 Å². The van der Waals surface area contributed by atoms with Crippen molar-refractivity contribution in [1.82, 2.24) is 5.32 Å². The lowest BCUT2D eigenvalue weighted by Gasteiger charge is -2.28. The lowest BCUT2D eigenvalue weighted by molar-refractivity contribution is 0.279. The van der Waals surface area contributed by atoms with E-state index in [-0.39, 0.29) is 5.75 Å². The maximum Gasteiger partial charge on any atom is 0.165 e. The maximum atomic E-state index is 13.2. The average Bonchev–Trinajstić information content (AvgIpc) is 2.41. The SMILES string of the molecule is C[C@H](NCc1cccc(F)c1O)C1CCCCC1. The molecule has 0 aliphatic heterocycles. The van der Waals surface area contributed by atoms with Gasteiger partial charge in [0.25, 0.3) is 0 Å². The molecule has 0 heterocycles. The molecule has 1 saturated carbocycles. The highest BCUT2D eigenvalue weighted by Gasteiger charge is 2.19. The largest absolute Gasteiger partial charge is 0.505 e. The molecule has 1 aromatic carbocycles. The van der Waals surface area contributed by atoms with E-state index in [2.05, 4.69) is 12.2 Å². The second-order valence-electron chi connectivity index (χ2n) is 5.32. The predicted octanol–water partition coefficient (Wildman–Crippen LogP) is 3.59. The van der Waals surface area contributed by atoms with Crippen LogP contribution in [0.3, 0.4) is 0 Å². The van der Waals surface area contributed by atoms with E-state index in [4.69, 9.17) is 0 Å². The molecule has 100 valence electrons. The number of rotatable bonds is 4. The minimum Gasteiger partial charge on any atom is -0.505 e. The number of hydrogen-bond acceptors (Lipinski definition) is 2. The Morgan fingerprint density at radius 1 is 1.33 bits per heavy atom. The van der Waals surface area contributed by atoms with E-state index in [0.717, 1.165) is 5.92 Å². The third-order valence-electron chi connectivity index (χ3n) is 4.04. The van der Waals surface area contributed by atoms with E-state index >= 15 is 0 Å². The Morgan fingerprint density at radius 3 is 2.78 bits per heavy atom. The van der Waals surface area contributed by atoms with E-state index in [1.165, 1.54) is 38.2 Å². The number of hydrogen-bond donors (Lipinski definition) is 2. The lowest BCUT2D eigenvalue weighted by atomic mass is 9.84. The fraction of sp³-hybridized carbons (Fsp3) is 0.600. The summed E-state index contributed by atoms with van der Waals surface area (Å²) in [7, 11) is 0. The van der Waals surface area contributed by atoms with Gasteiger partial charge in [-0.25, -0.2) is 4.39 Å². The van der Waals surface area contributed by atoms with Gasteiger partial charge in [-0.15, -0.1) is 0 Å². The van der Waals surface area contributed by atoms with Crippen LogP contribution in [0.1, 0.15) is 44.6 Å². The van der Waals surface area contributed by atoms with Crippen LogP contribution in [0.2, 0.25) is 0 Å². The van der Waals surface area contributed by atoms with Gasteiger partial charge in [0.15, 0.2) is 11.6 Å². The van der Waals surface area contributed by atoms with Crippen molar-refractivity contribution < 1.29 is 9.50 Å². The van der Waals surface area contributed by atoms with Crippen LogP contribution in [0.15, 0.2) is 18.2 Å². The standard InChI is InChI=1S/C15H22FNO/c1-11(12-6-3-2-4-7-12)17-10-13-8-5-9-14(16)15(13)18/h5,8-9,11-12,17-18H,2-4,6-7,10H2,1H3/t11-/m0/s1. The second kappa shape index (κ2) is 6.19. The lowest BCUT2D eigenvalue weighted by Crippen LogP contribution is -2.34. The summed E-state index contributed by atoms with van der Waals surface area (Å²) in [4.78, 5) is 0. The van der Waals surface area contributed by atoms with Gasteiger partial charge in [0, 0.05) is 18.2 Å². The Balaban J connectivity index is 1.88. The summed E-state index contributed by atoms with van der Waals surface area (Å²) in [6.45, 7) is 2.72. The van der Waals surface area contributed by atoms with Gasteiger partial charge in [-0.1, -0.05) is 31.4 Å². The number of benzene rings is 1. The summed E-state index contributed by atoms with van der Waals surface area (Å²) < 4.78 is 13.2. The third kappa shape index (κ3) is 3.22. The van der Waals surface area contributed by atoms with Crippen LogP contribution in [0.4, 0.5) is 4.39 Å². The summed E-state index contributed by atoms with van der Waals surface area (Å²) in [5, 5.41) is 13.0. The molecule has 2 rings (SSSR count). The molecular formula is C15H22FNO. The Morgan fingerprint density at radius 2 is 2.06 bits per heavy atom. The summed E-state index contributed by atoms with van der Waals surface area (Å²) in [6.07, 6.45) is 6.56. The van der Waals surface area contributed by atoms with Gasteiger partial charge in [-0.2, -0.15) is 0 Å². The second-order valence-corrected chi connectivity index (χ2v) is 5.32. The zero-order valence-corrected chi connectivity index (χ0v) is 11.0. The summed E-state index contributed by atoms with van der Waals surface area (Å²) in [5.74, 6) is -0.0464. The highest BCUT2D eigenvalue weighted by Crippen LogP contribution is 2.27. The number of phenolic OH excluding ortho intramolecular Hbond substituents is 1. The average molecular weight is 251 g/mol. The van der Waals surface area contributed by atoms with Gasteiger partial charge >= 0.3 is 0 Å². The molecule has 0 saturated heterocycles. The van der Waals surface area contributed by atoms with Crippen LogP contribution in [0, 0.1) is 11.7 Å².